The normalized spacial score (nSPS) is 15.8. The molecule has 2 aromatic rings. The highest BCUT2D eigenvalue weighted by Crippen LogP contribution is 2.15. The summed E-state index contributed by atoms with van der Waals surface area (Å²) in [5.74, 6) is 0.0395. The van der Waals surface area contributed by atoms with Crippen molar-refractivity contribution in [2.24, 2.45) is 7.05 Å². The van der Waals surface area contributed by atoms with Gasteiger partial charge >= 0.3 is 5.97 Å². The number of carboxylic acid groups (broad SMARTS) is 1. The molecule has 0 saturated heterocycles. The number of hydrogen-bond acceptors (Lipinski definition) is 4. The summed E-state index contributed by atoms with van der Waals surface area (Å²) < 4.78 is 3.81. The van der Waals surface area contributed by atoms with Gasteiger partial charge in [0.1, 0.15) is 5.82 Å². The molecule has 0 saturated carbocycles. The first kappa shape index (κ1) is 12.9. The van der Waals surface area contributed by atoms with E-state index in [9.17, 15) is 4.79 Å². The number of fused-ring (bicyclic) bond motifs is 1. The van der Waals surface area contributed by atoms with Crippen molar-refractivity contribution in [1.29, 1.82) is 0 Å². The van der Waals surface area contributed by atoms with Gasteiger partial charge < -0.3 is 9.67 Å². The summed E-state index contributed by atoms with van der Waals surface area (Å²) in [7, 11) is 1.98. The maximum atomic E-state index is 11.0. The lowest BCUT2D eigenvalue weighted by atomic mass is 10.3. The fraction of sp³-hybridized carbons (Fsp3) is 0.462. The molecule has 1 aliphatic rings. The molecule has 1 aliphatic heterocycles. The van der Waals surface area contributed by atoms with Crippen LogP contribution in [0.25, 0.3) is 0 Å². The molecule has 1 N–H and O–H groups in total. The molecule has 106 valence electrons. The molecule has 0 spiro atoms. The van der Waals surface area contributed by atoms with Crippen LogP contribution in [0.3, 0.4) is 0 Å². The number of aromatic carboxylic acids is 1. The zero-order valence-corrected chi connectivity index (χ0v) is 11.4. The van der Waals surface area contributed by atoms with Crippen LogP contribution in [0, 0.1) is 0 Å². The number of hydrogen-bond donors (Lipinski definition) is 1. The van der Waals surface area contributed by atoms with Crippen LogP contribution < -0.4 is 0 Å². The number of imidazole rings is 1. The Morgan fingerprint density at radius 1 is 1.45 bits per heavy atom. The van der Waals surface area contributed by atoms with Crippen LogP contribution in [-0.2, 0) is 26.7 Å². The van der Waals surface area contributed by atoms with E-state index in [0.717, 1.165) is 37.6 Å². The van der Waals surface area contributed by atoms with Crippen molar-refractivity contribution >= 4 is 5.97 Å². The highest BCUT2D eigenvalue weighted by atomic mass is 16.4. The molecule has 7 heteroatoms. The molecule has 0 amide bonds. The second-order valence-corrected chi connectivity index (χ2v) is 5.07. The lowest BCUT2D eigenvalue weighted by Crippen LogP contribution is -2.24. The summed E-state index contributed by atoms with van der Waals surface area (Å²) in [6, 6.07) is 1.67. The Labute approximate surface area is 116 Å². The predicted molar refractivity (Wildman–Crippen MR) is 71.1 cm³/mol. The molecular weight excluding hydrogens is 258 g/mol. The summed E-state index contributed by atoms with van der Waals surface area (Å²) in [4.78, 5) is 17.6. The molecule has 3 rings (SSSR count). The van der Waals surface area contributed by atoms with Crippen molar-refractivity contribution in [1.82, 2.24) is 24.2 Å². The van der Waals surface area contributed by atoms with Gasteiger partial charge in [-0.15, -0.1) is 0 Å². The molecule has 20 heavy (non-hydrogen) atoms. The Kier molecular flexibility index (Phi) is 3.27. The van der Waals surface area contributed by atoms with Gasteiger partial charge in [0.2, 0.25) is 0 Å². The van der Waals surface area contributed by atoms with Crippen LogP contribution in [0.5, 0.6) is 0 Å². The van der Waals surface area contributed by atoms with E-state index < -0.39 is 5.97 Å². The third-order valence-corrected chi connectivity index (χ3v) is 3.60. The third kappa shape index (κ3) is 2.44. The summed E-state index contributed by atoms with van der Waals surface area (Å²) in [6.45, 7) is 3.18. The minimum absolute atomic E-state index is 0.124. The number of carboxylic acids is 1. The standard InChI is InChI=1S/C13H17N5O2/c1-16-6-3-14-12(16)9-17-4-2-5-18-10(8-17)7-11(15-18)13(19)20/h3,6-7H,2,4-5,8-9H2,1H3,(H,19,20). The van der Waals surface area contributed by atoms with Crippen LogP contribution in [0.15, 0.2) is 18.5 Å². The lowest BCUT2D eigenvalue weighted by molar-refractivity contribution is 0.0689. The van der Waals surface area contributed by atoms with Gasteiger partial charge in [0.15, 0.2) is 5.69 Å². The molecule has 0 unspecified atom stereocenters. The zero-order chi connectivity index (χ0) is 14.1. The fourth-order valence-electron chi connectivity index (χ4n) is 2.52. The molecule has 0 radical (unpaired) electrons. The number of carbonyl (C=O) groups is 1. The summed E-state index contributed by atoms with van der Waals surface area (Å²) >= 11 is 0. The Bertz CT molecular complexity index is 630. The van der Waals surface area contributed by atoms with Crippen LogP contribution >= 0.6 is 0 Å². The third-order valence-electron chi connectivity index (χ3n) is 3.60. The van der Waals surface area contributed by atoms with E-state index in [1.165, 1.54) is 0 Å². The number of aromatic nitrogens is 4. The van der Waals surface area contributed by atoms with Crippen molar-refractivity contribution in [3.63, 3.8) is 0 Å². The van der Waals surface area contributed by atoms with Crippen LogP contribution in [-0.4, -0.2) is 41.9 Å². The molecule has 3 heterocycles. The number of rotatable bonds is 3. The van der Waals surface area contributed by atoms with Gasteiger partial charge in [0.25, 0.3) is 0 Å². The van der Waals surface area contributed by atoms with Crippen molar-refractivity contribution in [3.8, 4) is 0 Å². The minimum Gasteiger partial charge on any atom is -0.476 e. The van der Waals surface area contributed by atoms with Gasteiger partial charge in [-0.05, 0) is 12.5 Å². The second-order valence-electron chi connectivity index (χ2n) is 5.07. The monoisotopic (exact) mass is 275 g/mol. The maximum absolute atomic E-state index is 11.0. The van der Waals surface area contributed by atoms with E-state index in [1.54, 1.807) is 12.3 Å². The zero-order valence-electron chi connectivity index (χ0n) is 11.4. The van der Waals surface area contributed by atoms with Crippen molar-refractivity contribution in [2.45, 2.75) is 26.1 Å². The van der Waals surface area contributed by atoms with Gasteiger partial charge in [-0.2, -0.15) is 5.10 Å². The average Bonchev–Trinajstić information content (AvgIpc) is 2.93. The molecule has 0 bridgehead atoms. The summed E-state index contributed by atoms with van der Waals surface area (Å²) in [6.07, 6.45) is 4.68. The first-order valence-corrected chi connectivity index (χ1v) is 6.62. The Balaban J connectivity index is 1.78. The Hall–Kier alpha value is -2.15. The highest BCUT2D eigenvalue weighted by Gasteiger charge is 2.19. The van der Waals surface area contributed by atoms with E-state index in [4.69, 9.17) is 5.11 Å². The second kappa shape index (κ2) is 5.09. The van der Waals surface area contributed by atoms with E-state index in [0.29, 0.717) is 6.54 Å². The van der Waals surface area contributed by atoms with Gasteiger partial charge in [-0.3, -0.25) is 9.58 Å². The molecule has 0 fully saturated rings. The summed E-state index contributed by atoms with van der Waals surface area (Å²) in [5, 5.41) is 13.1. The highest BCUT2D eigenvalue weighted by molar-refractivity contribution is 5.85. The largest absolute Gasteiger partial charge is 0.476 e. The maximum Gasteiger partial charge on any atom is 0.356 e. The Morgan fingerprint density at radius 2 is 2.30 bits per heavy atom. The molecule has 0 aliphatic carbocycles. The molecule has 0 atom stereocenters. The van der Waals surface area contributed by atoms with Crippen LogP contribution in [0.1, 0.15) is 28.4 Å². The van der Waals surface area contributed by atoms with Crippen LogP contribution in [0.2, 0.25) is 0 Å². The van der Waals surface area contributed by atoms with Crippen molar-refractivity contribution in [2.75, 3.05) is 6.54 Å². The average molecular weight is 275 g/mol. The van der Waals surface area contributed by atoms with Gasteiger partial charge in [0, 0.05) is 39.1 Å². The van der Waals surface area contributed by atoms with Crippen molar-refractivity contribution in [3.05, 3.63) is 35.7 Å². The molecule has 2 aromatic heterocycles. The van der Waals surface area contributed by atoms with E-state index in [2.05, 4.69) is 15.0 Å². The molecule has 7 nitrogen and oxygen atoms in total. The van der Waals surface area contributed by atoms with Gasteiger partial charge in [0.05, 0.1) is 12.2 Å². The number of nitrogens with zero attached hydrogens (tertiary/aromatic N) is 5. The van der Waals surface area contributed by atoms with Crippen molar-refractivity contribution < 1.29 is 9.90 Å². The quantitative estimate of drug-likeness (QED) is 0.893. The van der Waals surface area contributed by atoms with Gasteiger partial charge in [-0.1, -0.05) is 0 Å². The first-order chi connectivity index (χ1) is 9.63. The molecule has 0 aromatic carbocycles. The minimum atomic E-state index is -0.971. The number of aryl methyl sites for hydroxylation is 2. The topological polar surface area (TPSA) is 76.2 Å². The lowest BCUT2D eigenvalue weighted by Gasteiger charge is -2.18. The fourth-order valence-corrected chi connectivity index (χ4v) is 2.52. The van der Waals surface area contributed by atoms with Gasteiger partial charge in [-0.25, -0.2) is 9.78 Å². The first-order valence-electron chi connectivity index (χ1n) is 6.62. The predicted octanol–water partition coefficient (Wildman–Crippen LogP) is 0.721. The molecular formula is C13H17N5O2. The van der Waals surface area contributed by atoms with E-state index in [1.807, 2.05) is 22.5 Å². The van der Waals surface area contributed by atoms with E-state index in [-0.39, 0.29) is 5.69 Å². The Morgan fingerprint density at radius 3 is 3.00 bits per heavy atom. The summed E-state index contributed by atoms with van der Waals surface area (Å²) in [5.41, 5.74) is 1.08. The smallest absolute Gasteiger partial charge is 0.356 e. The SMILES string of the molecule is Cn1ccnc1CN1CCCn2nc(C(=O)O)cc2C1. The van der Waals surface area contributed by atoms with E-state index >= 15 is 0 Å². The van der Waals surface area contributed by atoms with Crippen LogP contribution in [0.4, 0.5) is 0 Å².